The zero-order valence-electron chi connectivity index (χ0n) is 16.2. The Morgan fingerprint density at radius 1 is 1.22 bits per heavy atom. The molecule has 0 radical (unpaired) electrons. The van der Waals surface area contributed by atoms with Crippen LogP contribution in [0, 0.1) is 5.92 Å². The molecule has 0 unspecified atom stereocenters. The van der Waals surface area contributed by atoms with Gasteiger partial charge in [0.25, 0.3) is 0 Å². The number of nitrogens with zero attached hydrogens (tertiary/aromatic N) is 2. The van der Waals surface area contributed by atoms with Gasteiger partial charge in [0.2, 0.25) is 15.9 Å². The monoisotopic (exact) mass is 393 g/mol. The Balaban J connectivity index is 1.39. The summed E-state index contributed by atoms with van der Waals surface area (Å²) in [6.45, 7) is 6.18. The maximum absolute atomic E-state index is 12.4. The second-order valence-corrected chi connectivity index (χ2v) is 9.79. The van der Waals surface area contributed by atoms with Gasteiger partial charge in [0, 0.05) is 39.3 Å². The third-order valence-corrected chi connectivity index (χ3v) is 7.52. The topological polar surface area (TPSA) is 69.7 Å². The lowest BCUT2D eigenvalue weighted by atomic mass is 9.99. The minimum atomic E-state index is -3.21. The third kappa shape index (κ3) is 5.30. The molecule has 2 heterocycles. The number of nitrogens with one attached hydrogen (secondary N) is 1. The minimum Gasteiger partial charge on any atom is -0.356 e. The highest BCUT2D eigenvalue weighted by atomic mass is 32.2. The largest absolute Gasteiger partial charge is 0.356 e. The molecule has 1 amide bonds. The highest BCUT2D eigenvalue weighted by Crippen LogP contribution is 2.20. The van der Waals surface area contributed by atoms with Crippen molar-refractivity contribution in [3.8, 4) is 0 Å². The number of rotatable bonds is 7. The fraction of sp³-hybridized carbons (Fsp3) is 0.650. The van der Waals surface area contributed by atoms with Crippen LogP contribution in [0.5, 0.6) is 0 Å². The normalized spacial score (nSPS) is 21.6. The van der Waals surface area contributed by atoms with E-state index >= 15 is 0 Å². The van der Waals surface area contributed by atoms with Crippen LogP contribution >= 0.6 is 0 Å². The highest BCUT2D eigenvalue weighted by Gasteiger charge is 2.31. The number of fused-ring (bicyclic) bond motifs is 1. The number of amides is 1. The fourth-order valence-electron chi connectivity index (χ4n) is 4.00. The van der Waals surface area contributed by atoms with Crippen molar-refractivity contribution in [1.82, 2.24) is 14.5 Å². The first-order chi connectivity index (χ1) is 13.0. The van der Waals surface area contributed by atoms with Crippen LogP contribution in [0.1, 0.15) is 37.3 Å². The highest BCUT2D eigenvalue weighted by molar-refractivity contribution is 7.89. The molecule has 2 aliphatic heterocycles. The molecule has 0 aliphatic carbocycles. The van der Waals surface area contributed by atoms with Gasteiger partial charge in [-0.15, -0.1) is 0 Å². The molecule has 150 valence electrons. The number of sulfonamides is 1. The van der Waals surface area contributed by atoms with Gasteiger partial charge in [-0.2, -0.15) is 0 Å². The molecule has 7 heteroatoms. The fourth-order valence-corrected chi connectivity index (χ4v) is 5.17. The van der Waals surface area contributed by atoms with Crippen molar-refractivity contribution in [3.63, 3.8) is 0 Å². The average molecular weight is 394 g/mol. The SMILES string of the molecule is CCS(=O)(=O)N1CCC[C@H](C(=O)NCCCN2CCc3ccccc3C2)C1. The molecule has 0 bridgehead atoms. The van der Waals surface area contributed by atoms with E-state index in [1.165, 1.54) is 15.4 Å². The zero-order chi connectivity index (χ0) is 19.3. The number of hydrogen-bond acceptors (Lipinski definition) is 4. The van der Waals surface area contributed by atoms with Crippen molar-refractivity contribution in [1.29, 1.82) is 0 Å². The Labute approximate surface area is 163 Å². The molecule has 1 aromatic carbocycles. The number of carbonyl (C=O) groups excluding carboxylic acids is 1. The maximum Gasteiger partial charge on any atom is 0.224 e. The van der Waals surface area contributed by atoms with E-state index < -0.39 is 10.0 Å². The number of benzene rings is 1. The van der Waals surface area contributed by atoms with Crippen LogP contribution in [0.4, 0.5) is 0 Å². The summed E-state index contributed by atoms with van der Waals surface area (Å²) in [5.74, 6) is -0.128. The first kappa shape index (κ1) is 20.3. The van der Waals surface area contributed by atoms with E-state index in [2.05, 4.69) is 34.5 Å². The number of hydrogen-bond donors (Lipinski definition) is 1. The summed E-state index contributed by atoms with van der Waals surface area (Å²) in [6.07, 6.45) is 3.53. The molecule has 1 aromatic rings. The lowest BCUT2D eigenvalue weighted by Gasteiger charge is -2.31. The molecule has 1 saturated heterocycles. The van der Waals surface area contributed by atoms with E-state index in [1.54, 1.807) is 6.92 Å². The number of carbonyl (C=O) groups is 1. The minimum absolute atomic E-state index is 0.00464. The first-order valence-electron chi connectivity index (χ1n) is 10.0. The van der Waals surface area contributed by atoms with Crippen molar-refractivity contribution >= 4 is 15.9 Å². The summed E-state index contributed by atoms with van der Waals surface area (Å²) in [7, 11) is -3.21. The summed E-state index contributed by atoms with van der Waals surface area (Å²) in [5, 5.41) is 3.01. The van der Waals surface area contributed by atoms with E-state index in [1.807, 2.05) is 0 Å². The molecule has 0 saturated carbocycles. The van der Waals surface area contributed by atoms with Crippen molar-refractivity contribution in [2.45, 2.75) is 39.2 Å². The van der Waals surface area contributed by atoms with Gasteiger partial charge in [-0.05, 0) is 43.7 Å². The summed E-state index contributed by atoms with van der Waals surface area (Å²) >= 11 is 0. The van der Waals surface area contributed by atoms with Crippen LogP contribution in [0.2, 0.25) is 0 Å². The first-order valence-corrected chi connectivity index (χ1v) is 11.6. The van der Waals surface area contributed by atoms with Gasteiger partial charge in [0.05, 0.1) is 11.7 Å². The van der Waals surface area contributed by atoms with Crippen LogP contribution in [0.15, 0.2) is 24.3 Å². The predicted molar refractivity (Wildman–Crippen MR) is 107 cm³/mol. The molecular formula is C20H31N3O3S. The molecule has 2 aliphatic rings. The van der Waals surface area contributed by atoms with Crippen molar-refractivity contribution in [3.05, 3.63) is 35.4 Å². The predicted octanol–water partition coefficient (Wildman–Crippen LogP) is 1.61. The van der Waals surface area contributed by atoms with Crippen molar-refractivity contribution in [2.24, 2.45) is 5.92 Å². The summed E-state index contributed by atoms with van der Waals surface area (Å²) in [5.41, 5.74) is 2.86. The Morgan fingerprint density at radius 3 is 2.78 bits per heavy atom. The van der Waals surface area contributed by atoms with E-state index in [9.17, 15) is 13.2 Å². The Bertz CT molecular complexity index is 751. The molecule has 27 heavy (non-hydrogen) atoms. The van der Waals surface area contributed by atoms with Crippen LogP contribution < -0.4 is 5.32 Å². The van der Waals surface area contributed by atoms with Gasteiger partial charge in [0.15, 0.2) is 0 Å². The van der Waals surface area contributed by atoms with E-state index in [0.29, 0.717) is 19.6 Å². The molecule has 0 aromatic heterocycles. The van der Waals surface area contributed by atoms with Crippen LogP contribution in [-0.2, 0) is 27.8 Å². The smallest absolute Gasteiger partial charge is 0.224 e. The van der Waals surface area contributed by atoms with E-state index in [4.69, 9.17) is 0 Å². The van der Waals surface area contributed by atoms with Gasteiger partial charge < -0.3 is 5.32 Å². The molecule has 6 nitrogen and oxygen atoms in total. The standard InChI is InChI=1S/C20H31N3O3S/c1-2-27(25,26)23-13-5-9-19(16-23)20(24)21-11-6-12-22-14-10-17-7-3-4-8-18(17)15-22/h3-4,7-8,19H,2,5-6,9-16H2,1H3,(H,21,24)/t19-/m0/s1. The molecule has 1 atom stereocenters. The summed E-state index contributed by atoms with van der Waals surface area (Å²) in [6, 6.07) is 8.60. The lowest BCUT2D eigenvalue weighted by Crippen LogP contribution is -2.46. The van der Waals surface area contributed by atoms with Crippen LogP contribution in [0.3, 0.4) is 0 Å². The Kier molecular flexibility index (Phi) is 6.89. The molecule has 0 spiro atoms. The maximum atomic E-state index is 12.4. The Hall–Kier alpha value is -1.44. The van der Waals surface area contributed by atoms with Gasteiger partial charge in [-0.3, -0.25) is 9.69 Å². The second kappa shape index (κ2) is 9.17. The van der Waals surface area contributed by atoms with E-state index in [-0.39, 0.29) is 17.6 Å². The zero-order valence-corrected chi connectivity index (χ0v) is 17.0. The second-order valence-electron chi connectivity index (χ2n) is 7.54. The van der Waals surface area contributed by atoms with Crippen LogP contribution in [-0.4, -0.2) is 62.0 Å². The van der Waals surface area contributed by atoms with Crippen molar-refractivity contribution in [2.75, 3.05) is 38.5 Å². The van der Waals surface area contributed by atoms with Crippen molar-refractivity contribution < 1.29 is 13.2 Å². The Morgan fingerprint density at radius 2 is 2.00 bits per heavy atom. The lowest BCUT2D eigenvalue weighted by molar-refractivity contribution is -0.126. The average Bonchev–Trinajstić information content (AvgIpc) is 2.71. The summed E-state index contributed by atoms with van der Waals surface area (Å²) < 4.78 is 25.5. The molecule has 3 rings (SSSR count). The van der Waals surface area contributed by atoms with Gasteiger partial charge in [0.1, 0.15) is 0 Å². The molecule has 1 N–H and O–H groups in total. The quantitative estimate of drug-likeness (QED) is 0.715. The van der Waals surface area contributed by atoms with Gasteiger partial charge in [-0.25, -0.2) is 12.7 Å². The van der Waals surface area contributed by atoms with E-state index in [0.717, 1.165) is 45.3 Å². The summed E-state index contributed by atoms with van der Waals surface area (Å²) in [4.78, 5) is 14.9. The molecular weight excluding hydrogens is 362 g/mol. The molecule has 1 fully saturated rings. The van der Waals surface area contributed by atoms with Crippen LogP contribution in [0.25, 0.3) is 0 Å². The van der Waals surface area contributed by atoms with Gasteiger partial charge in [-0.1, -0.05) is 24.3 Å². The van der Waals surface area contributed by atoms with Gasteiger partial charge >= 0.3 is 0 Å². The third-order valence-electron chi connectivity index (χ3n) is 5.67. The number of piperidine rings is 1.